The summed E-state index contributed by atoms with van der Waals surface area (Å²) in [5, 5.41) is 2.75. The second kappa shape index (κ2) is 5.85. The van der Waals surface area contributed by atoms with Crippen LogP contribution in [0, 0.1) is 0 Å². The molecule has 0 spiro atoms. The van der Waals surface area contributed by atoms with E-state index in [1.54, 1.807) is 24.3 Å². The molecule has 1 unspecified atom stereocenters. The summed E-state index contributed by atoms with van der Waals surface area (Å²) in [6.45, 7) is 3.81. The van der Waals surface area contributed by atoms with Gasteiger partial charge in [0.25, 0.3) is 0 Å². The largest absolute Gasteiger partial charge is 0.352 e. The second-order valence-electron chi connectivity index (χ2n) is 5.12. The summed E-state index contributed by atoms with van der Waals surface area (Å²) in [4.78, 5) is 16.2. The molecule has 1 aromatic carbocycles. The first-order chi connectivity index (χ1) is 9.82. The van der Waals surface area contributed by atoms with Crippen molar-refractivity contribution in [3.05, 3.63) is 24.3 Å². The lowest BCUT2D eigenvalue weighted by molar-refractivity contribution is -0.122. The number of fused-ring (bicyclic) bond motifs is 1. The van der Waals surface area contributed by atoms with Crippen molar-refractivity contribution in [3.8, 4) is 0 Å². The number of sulfone groups is 1. The Labute approximate surface area is 124 Å². The van der Waals surface area contributed by atoms with E-state index in [-0.39, 0.29) is 23.7 Å². The van der Waals surface area contributed by atoms with Gasteiger partial charge < -0.3 is 9.88 Å². The quantitative estimate of drug-likeness (QED) is 0.904. The zero-order valence-electron chi connectivity index (χ0n) is 12.3. The van der Waals surface area contributed by atoms with Gasteiger partial charge in [-0.25, -0.2) is 13.4 Å². The van der Waals surface area contributed by atoms with Crippen LogP contribution in [-0.2, 0) is 21.2 Å². The number of hydrogen-bond acceptors (Lipinski definition) is 4. The Kier molecular flexibility index (Phi) is 4.32. The molecule has 0 bridgehead atoms. The first kappa shape index (κ1) is 15.5. The molecule has 0 fully saturated rings. The van der Waals surface area contributed by atoms with Gasteiger partial charge in [0.1, 0.15) is 6.54 Å². The van der Waals surface area contributed by atoms with Crippen molar-refractivity contribution in [1.82, 2.24) is 14.9 Å². The molecule has 7 heteroatoms. The standard InChI is InChI=1S/C14H19N3O3S/c1-4-10(2)15-13(18)9-17-12-8-6-5-7-11(12)16-14(17)21(3,19)20/h5-8,10H,4,9H2,1-3H3,(H,15,18). The first-order valence-electron chi connectivity index (χ1n) is 6.77. The van der Waals surface area contributed by atoms with Crippen LogP contribution in [0.1, 0.15) is 20.3 Å². The van der Waals surface area contributed by atoms with Crippen LogP contribution in [0.25, 0.3) is 11.0 Å². The predicted molar refractivity (Wildman–Crippen MR) is 80.7 cm³/mol. The highest BCUT2D eigenvalue weighted by Crippen LogP contribution is 2.19. The molecule has 1 amide bonds. The third-order valence-electron chi connectivity index (χ3n) is 3.27. The van der Waals surface area contributed by atoms with Gasteiger partial charge in [-0.1, -0.05) is 19.1 Å². The second-order valence-corrected chi connectivity index (χ2v) is 7.03. The van der Waals surface area contributed by atoms with Crippen molar-refractivity contribution in [2.45, 2.75) is 38.0 Å². The molecule has 1 N–H and O–H groups in total. The van der Waals surface area contributed by atoms with Gasteiger partial charge in [0.05, 0.1) is 11.0 Å². The number of hydrogen-bond donors (Lipinski definition) is 1. The zero-order chi connectivity index (χ0) is 15.6. The number of aromatic nitrogens is 2. The molecule has 1 aromatic heterocycles. The van der Waals surface area contributed by atoms with Gasteiger partial charge in [-0.15, -0.1) is 0 Å². The fourth-order valence-electron chi connectivity index (χ4n) is 2.06. The number of imidazole rings is 1. The lowest BCUT2D eigenvalue weighted by Crippen LogP contribution is -2.35. The van der Waals surface area contributed by atoms with E-state index in [4.69, 9.17) is 0 Å². The fourth-order valence-corrected chi connectivity index (χ4v) is 2.88. The van der Waals surface area contributed by atoms with Crippen LogP contribution in [0.15, 0.2) is 29.4 Å². The Morgan fingerprint density at radius 2 is 2.05 bits per heavy atom. The maximum atomic E-state index is 12.0. The van der Waals surface area contributed by atoms with Gasteiger partial charge in [0.15, 0.2) is 0 Å². The van der Waals surface area contributed by atoms with Gasteiger partial charge in [0, 0.05) is 12.3 Å². The molecule has 0 aliphatic rings. The topological polar surface area (TPSA) is 81.1 Å². The average Bonchev–Trinajstić information content (AvgIpc) is 2.77. The van der Waals surface area contributed by atoms with Crippen molar-refractivity contribution in [3.63, 3.8) is 0 Å². The van der Waals surface area contributed by atoms with E-state index < -0.39 is 9.84 Å². The summed E-state index contributed by atoms with van der Waals surface area (Å²) in [6, 6.07) is 7.11. The molecule has 1 atom stereocenters. The monoisotopic (exact) mass is 309 g/mol. The number of nitrogens with zero attached hydrogens (tertiary/aromatic N) is 2. The van der Waals surface area contributed by atoms with E-state index in [1.807, 2.05) is 13.8 Å². The summed E-state index contributed by atoms with van der Waals surface area (Å²) >= 11 is 0. The Hall–Kier alpha value is -1.89. The summed E-state index contributed by atoms with van der Waals surface area (Å²) in [5.41, 5.74) is 1.20. The molecular weight excluding hydrogens is 290 g/mol. The van der Waals surface area contributed by atoms with Crippen molar-refractivity contribution in [2.75, 3.05) is 6.26 Å². The number of para-hydroxylation sites is 2. The molecule has 0 saturated heterocycles. The first-order valence-corrected chi connectivity index (χ1v) is 8.66. The molecule has 0 saturated carbocycles. The smallest absolute Gasteiger partial charge is 0.240 e. The number of rotatable bonds is 5. The van der Waals surface area contributed by atoms with E-state index >= 15 is 0 Å². The lowest BCUT2D eigenvalue weighted by atomic mass is 10.2. The third kappa shape index (κ3) is 3.41. The van der Waals surface area contributed by atoms with Gasteiger partial charge in [-0.3, -0.25) is 4.79 Å². The highest BCUT2D eigenvalue weighted by atomic mass is 32.2. The van der Waals surface area contributed by atoms with Gasteiger partial charge in [0.2, 0.25) is 20.9 Å². The number of carbonyl (C=O) groups is 1. The Morgan fingerprint density at radius 1 is 1.38 bits per heavy atom. The summed E-state index contributed by atoms with van der Waals surface area (Å²) in [5.74, 6) is -0.225. The molecule has 1 heterocycles. The van der Waals surface area contributed by atoms with Gasteiger partial charge in [-0.05, 0) is 25.5 Å². The summed E-state index contributed by atoms with van der Waals surface area (Å²) < 4.78 is 25.2. The van der Waals surface area contributed by atoms with E-state index in [2.05, 4.69) is 10.3 Å². The molecular formula is C14H19N3O3S. The van der Waals surface area contributed by atoms with Gasteiger partial charge in [-0.2, -0.15) is 0 Å². The summed E-state index contributed by atoms with van der Waals surface area (Å²) in [7, 11) is -3.50. The minimum Gasteiger partial charge on any atom is -0.352 e. The Bertz CT molecular complexity index is 765. The highest BCUT2D eigenvalue weighted by Gasteiger charge is 2.21. The molecule has 0 radical (unpaired) electrons. The number of benzene rings is 1. The Morgan fingerprint density at radius 3 is 2.67 bits per heavy atom. The summed E-state index contributed by atoms with van der Waals surface area (Å²) in [6.07, 6.45) is 1.91. The maximum absolute atomic E-state index is 12.0. The molecule has 2 rings (SSSR count). The van der Waals surface area contributed by atoms with Crippen molar-refractivity contribution >= 4 is 26.8 Å². The van der Waals surface area contributed by atoms with Crippen molar-refractivity contribution in [2.24, 2.45) is 0 Å². The highest BCUT2D eigenvalue weighted by molar-refractivity contribution is 7.90. The van der Waals surface area contributed by atoms with Crippen LogP contribution in [0.2, 0.25) is 0 Å². The normalized spacial score (nSPS) is 13.3. The molecule has 21 heavy (non-hydrogen) atoms. The molecule has 6 nitrogen and oxygen atoms in total. The number of amides is 1. The van der Waals surface area contributed by atoms with Crippen molar-refractivity contribution in [1.29, 1.82) is 0 Å². The van der Waals surface area contributed by atoms with Crippen LogP contribution >= 0.6 is 0 Å². The molecule has 114 valence electrons. The minimum atomic E-state index is -3.50. The van der Waals surface area contributed by atoms with Crippen LogP contribution in [0.5, 0.6) is 0 Å². The molecule has 2 aromatic rings. The lowest BCUT2D eigenvalue weighted by Gasteiger charge is -2.13. The fraction of sp³-hybridized carbons (Fsp3) is 0.429. The third-order valence-corrected chi connectivity index (χ3v) is 4.25. The van der Waals surface area contributed by atoms with E-state index in [1.165, 1.54) is 4.57 Å². The maximum Gasteiger partial charge on any atom is 0.240 e. The SMILES string of the molecule is CCC(C)NC(=O)Cn1c(S(C)(=O)=O)nc2ccccc21. The van der Waals surface area contributed by atoms with Crippen LogP contribution in [0.3, 0.4) is 0 Å². The van der Waals surface area contributed by atoms with Crippen LogP contribution < -0.4 is 5.32 Å². The van der Waals surface area contributed by atoms with E-state index in [9.17, 15) is 13.2 Å². The van der Waals surface area contributed by atoms with E-state index in [0.717, 1.165) is 12.7 Å². The molecule has 0 aliphatic heterocycles. The van der Waals surface area contributed by atoms with Crippen molar-refractivity contribution < 1.29 is 13.2 Å². The number of nitrogens with one attached hydrogen (secondary N) is 1. The Balaban J connectivity index is 2.44. The van der Waals surface area contributed by atoms with E-state index in [0.29, 0.717) is 11.0 Å². The van der Waals surface area contributed by atoms with Crippen LogP contribution in [0.4, 0.5) is 0 Å². The number of carbonyl (C=O) groups excluding carboxylic acids is 1. The predicted octanol–water partition coefficient (Wildman–Crippen LogP) is 1.35. The van der Waals surface area contributed by atoms with Crippen LogP contribution in [-0.4, -0.2) is 36.2 Å². The van der Waals surface area contributed by atoms with Gasteiger partial charge >= 0.3 is 0 Å². The zero-order valence-corrected chi connectivity index (χ0v) is 13.1. The average molecular weight is 309 g/mol. The minimum absolute atomic E-state index is 0.0500. The molecule has 0 aliphatic carbocycles.